The highest BCUT2D eigenvalue weighted by Crippen LogP contribution is 2.25. The van der Waals surface area contributed by atoms with Gasteiger partial charge in [0.05, 0.1) is 5.92 Å². The van der Waals surface area contributed by atoms with E-state index in [-0.39, 0.29) is 24.2 Å². The van der Waals surface area contributed by atoms with Gasteiger partial charge in [0, 0.05) is 18.5 Å². The number of hydrogen-bond donors (Lipinski definition) is 2. The molecule has 1 amide bonds. The average Bonchev–Trinajstić information content (AvgIpc) is 2.97. The summed E-state index contributed by atoms with van der Waals surface area (Å²) in [4.78, 5) is 12.2. The van der Waals surface area contributed by atoms with Crippen LogP contribution in [-0.2, 0) is 4.79 Å². The van der Waals surface area contributed by atoms with E-state index in [1.165, 1.54) is 5.57 Å². The summed E-state index contributed by atoms with van der Waals surface area (Å²) in [5.74, 6) is 0.446. The first-order valence-electron chi connectivity index (χ1n) is 7.39. The van der Waals surface area contributed by atoms with E-state index in [1.54, 1.807) is 0 Å². The fraction of sp³-hybridized carbons (Fsp3) is 0.353. The summed E-state index contributed by atoms with van der Waals surface area (Å²) in [6.07, 6.45) is 3.15. The molecule has 1 aromatic heterocycles. The number of carbonyl (C=O) groups excluding carboxylic acids is 1. The Balaban J connectivity index is 0.00000176. The van der Waals surface area contributed by atoms with E-state index in [4.69, 9.17) is 4.42 Å². The van der Waals surface area contributed by atoms with Crippen molar-refractivity contribution in [1.82, 2.24) is 10.6 Å². The molecule has 3 rings (SSSR count). The molecule has 1 aromatic carbocycles. The highest BCUT2D eigenvalue weighted by molar-refractivity contribution is 5.86. The number of benzene rings is 1. The third-order valence-corrected chi connectivity index (χ3v) is 3.91. The lowest BCUT2D eigenvalue weighted by Crippen LogP contribution is -2.32. The molecular formula is C17H21ClN2O2. The number of para-hydroxylation sites is 1. The second-order valence-electron chi connectivity index (χ2n) is 5.44. The molecule has 0 radical (unpaired) electrons. The standard InChI is InChI=1S/C17H20N2O2.ClH/c1-12(16-10-14-4-2-3-5-15(14)21-16)17(20)19-11-13-6-8-18-9-7-13;/h2-6,10,12,18H,7-9,11H2,1H3,(H,19,20);1H. The molecule has 0 saturated carbocycles. The zero-order valence-corrected chi connectivity index (χ0v) is 13.4. The van der Waals surface area contributed by atoms with Crippen LogP contribution in [0.5, 0.6) is 0 Å². The van der Waals surface area contributed by atoms with Crippen LogP contribution >= 0.6 is 12.4 Å². The Labute approximate surface area is 136 Å². The lowest BCUT2D eigenvalue weighted by atomic mass is 10.1. The first kappa shape index (κ1) is 16.6. The lowest BCUT2D eigenvalue weighted by molar-refractivity contribution is -0.122. The number of nitrogens with one attached hydrogen (secondary N) is 2. The highest BCUT2D eigenvalue weighted by Gasteiger charge is 2.19. The molecule has 0 fully saturated rings. The van der Waals surface area contributed by atoms with Crippen LogP contribution in [-0.4, -0.2) is 25.5 Å². The van der Waals surface area contributed by atoms with Crippen LogP contribution in [0.1, 0.15) is 25.0 Å². The monoisotopic (exact) mass is 320 g/mol. The van der Waals surface area contributed by atoms with Crippen LogP contribution in [0.2, 0.25) is 0 Å². The molecule has 22 heavy (non-hydrogen) atoms. The first-order chi connectivity index (χ1) is 10.2. The highest BCUT2D eigenvalue weighted by atomic mass is 35.5. The molecule has 118 valence electrons. The second kappa shape index (κ2) is 7.47. The maximum atomic E-state index is 12.2. The molecular weight excluding hydrogens is 300 g/mol. The van der Waals surface area contributed by atoms with Crippen LogP contribution in [0, 0.1) is 0 Å². The molecule has 1 atom stereocenters. The van der Waals surface area contributed by atoms with Gasteiger partial charge < -0.3 is 15.1 Å². The summed E-state index contributed by atoms with van der Waals surface area (Å²) >= 11 is 0. The molecule has 1 aliphatic rings. The minimum Gasteiger partial charge on any atom is -0.460 e. The number of hydrogen-bond acceptors (Lipinski definition) is 3. The van der Waals surface area contributed by atoms with Gasteiger partial charge >= 0.3 is 0 Å². The Morgan fingerprint density at radius 1 is 1.41 bits per heavy atom. The largest absolute Gasteiger partial charge is 0.460 e. The molecule has 0 saturated heterocycles. The Kier molecular flexibility index (Phi) is 5.63. The average molecular weight is 321 g/mol. The maximum absolute atomic E-state index is 12.2. The molecule has 0 aliphatic carbocycles. The van der Waals surface area contributed by atoms with Crippen molar-refractivity contribution in [2.24, 2.45) is 0 Å². The van der Waals surface area contributed by atoms with Crippen LogP contribution in [0.25, 0.3) is 11.0 Å². The number of rotatable bonds is 4. The second-order valence-corrected chi connectivity index (χ2v) is 5.44. The van der Waals surface area contributed by atoms with Crippen LogP contribution in [0.15, 0.2) is 46.4 Å². The molecule has 1 unspecified atom stereocenters. The van der Waals surface area contributed by atoms with Crippen LogP contribution in [0.3, 0.4) is 0 Å². The first-order valence-corrected chi connectivity index (χ1v) is 7.39. The van der Waals surface area contributed by atoms with Crippen molar-refractivity contribution in [1.29, 1.82) is 0 Å². The third-order valence-electron chi connectivity index (χ3n) is 3.91. The lowest BCUT2D eigenvalue weighted by Gasteiger charge is -2.16. The molecule has 2 heterocycles. The smallest absolute Gasteiger partial charge is 0.230 e. The van der Waals surface area contributed by atoms with Crippen molar-refractivity contribution in [3.8, 4) is 0 Å². The van der Waals surface area contributed by atoms with Crippen LogP contribution in [0.4, 0.5) is 0 Å². The molecule has 5 heteroatoms. The molecule has 2 N–H and O–H groups in total. The van der Waals surface area contributed by atoms with Crippen molar-refractivity contribution in [3.63, 3.8) is 0 Å². The number of halogens is 1. The van der Waals surface area contributed by atoms with Crippen molar-refractivity contribution in [2.45, 2.75) is 19.3 Å². The summed E-state index contributed by atoms with van der Waals surface area (Å²) in [7, 11) is 0. The van der Waals surface area contributed by atoms with Gasteiger partial charge in [-0.25, -0.2) is 0 Å². The Morgan fingerprint density at radius 2 is 2.23 bits per heavy atom. The van der Waals surface area contributed by atoms with Gasteiger partial charge in [0.2, 0.25) is 5.91 Å². The van der Waals surface area contributed by atoms with Gasteiger partial charge in [-0.05, 0) is 32.0 Å². The number of amides is 1. The summed E-state index contributed by atoms with van der Waals surface area (Å²) in [5, 5.41) is 7.30. The van der Waals surface area contributed by atoms with Gasteiger partial charge in [0.25, 0.3) is 0 Å². The maximum Gasteiger partial charge on any atom is 0.230 e. The quantitative estimate of drug-likeness (QED) is 0.852. The molecule has 0 spiro atoms. The summed E-state index contributed by atoms with van der Waals surface area (Å²) in [5.41, 5.74) is 2.12. The fourth-order valence-corrected chi connectivity index (χ4v) is 2.53. The van der Waals surface area contributed by atoms with Gasteiger partial charge in [-0.2, -0.15) is 0 Å². The van der Waals surface area contributed by atoms with Gasteiger partial charge in [0.1, 0.15) is 11.3 Å². The zero-order chi connectivity index (χ0) is 14.7. The number of fused-ring (bicyclic) bond motifs is 1. The van der Waals surface area contributed by atoms with E-state index >= 15 is 0 Å². The molecule has 4 nitrogen and oxygen atoms in total. The zero-order valence-electron chi connectivity index (χ0n) is 12.6. The number of furan rings is 1. The Morgan fingerprint density at radius 3 is 2.95 bits per heavy atom. The fourth-order valence-electron chi connectivity index (χ4n) is 2.53. The molecule has 1 aliphatic heterocycles. The minimum absolute atomic E-state index is 0. The van der Waals surface area contributed by atoms with E-state index in [0.717, 1.165) is 30.5 Å². The van der Waals surface area contributed by atoms with Gasteiger partial charge in [-0.15, -0.1) is 12.4 Å². The van der Waals surface area contributed by atoms with Crippen LogP contribution < -0.4 is 10.6 Å². The topological polar surface area (TPSA) is 54.3 Å². The predicted octanol–water partition coefficient (Wildman–Crippen LogP) is 2.99. The summed E-state index contributed by atoms with van der Waals surface area (Å²) < 4.78 is 5.76. The van der Waals surface area contributed by atoms with Gasteiger partial charge in [-0.3, -0.25) is 4.79 Å². The van der Waals surface area contributed by atoms with Crippen molar-refractivity contribution in [2.75, 3.05) is 19.6 Å². The van der Waals surface area contributed by atoms with Crippen molar-refractivity contribution < 1.29 is 9.21 Å². The minimum atomic E-state index is -0.278. The van der Waals surface area contributed by atoms with E-state index in [0.29, 0.717) is 12.3 Å². The molecule has 0 bridgehead atoms. The normalized spacial score (nSPS) is 15.8. The van der Waals surface area contributed by atoms with E-state index in [2.05, 4.69) is 16.7 Å². The van der Waals surface area contributed by atoms with Gasteiger partial charge in [-0.1, -0.05) is 29.8 Å². The third kappa shape index (κ3) is 3.70. The Hall–Kier alpha value is -1.78. The van der Waals surface area contributed by atoms with Gasteiger partial charge in [0.15, 0.2) is 0 Å². The molecule has 2 aromatic rings. The summed E-state index contributed by atoms with van der Waals surface area (Å²) in [6.45, 7) is 4.39. The van der Waals surface area contributed by atoms with E-state index in [1.807, 2.05) is 37.3 Å². The van der Waals surface area contributed by atoms with Crippen molar-refractivity contribution >= 4 is 29.3 Å². The van der Waals surface area contributed by atoms with Crippen molar-refractivity contribution in [3.05, 3.63) is 47.7 Å². The summed E-state index contributed by atoms with van der Waals surface area (Å²) in [6, 6.07) is 9.76. The van der Waals surface area contributed by atoms with E-state index < -0.39 is 0 Å². The predicted molar refractivity (Wildman–Crippen MR) is 90.5 cm³/mol. The SMILES string of the molecule is CC(C(=O)NCC1=CCNCC1)c1cc2ccccc2o1.Cl. The Bertz CT molecular complexity index is 645. The number of carbonyl (C=O) groups is 1. The van der Waals surface area contributed by atoms with E-state index in [9.17, 15) is 4.79 Å².